The van der Waals surface area contributed by atoms with Crippen molar-refractivity contribution in [1.29, 1.82) is 0 Å². The number of non-ortho nitro benzene ring substituents is 1. The van der Waals surface area contributed by atoms with Crippen LogP contribution >= 0.6 is 0 Å². The van der Waals surface area contributed by atoms with Crippen LogP contribution in [-0.2, 0) is 0 Å². The lowest BCUT2D eigenvalue weighted by atomic mass is 9.93. The number of hydrogen-bond donors (Lipinski definition) is 2. The summed E-state index contributed by atoms with van der Waals surface area (Å²) < 4.78 is 13.3. The number of anilines is 1. The van der Waals surface area contributed by atoms with E-state index in [1.807, 2.05) is 13.8 Å². The number of aliphatic hydroxyl groups excluding tert-OH is 1. The second-order valence-electron chi connectivity index (χ2n) is 4.23. The molecule has 1 aromatic carbocycles. The van der Waals surface area contributed by atoms with E-state index >= 15 is 0 Å². The van der Waals surface area contributed by atoms with Crippen LogP contribution in [0.25, 0.3) is 0 Å². The zero-order chi connectivity index (χ0) is 13.8. The first kappa shape index (κ1) is 14.4. The van der Waals surface area contributed by atoms with Crippen molar-refractivity contribution in [3.05, 3.63) is 34.1 Å². The van der Waals surface area contributed by atoms with E-state index in [-0.39, 0.29) is 12.3 Å². The average Bonchev–Trinajstić information content (AvgIpc) is 2.35. The highest BCUT2D eigenvalue weighted by molar-refractivity contribution is 5.53. The van der Waals surface area contributed by atoms with Crippen LogP contribution in [0.2, 0.25) is 0 Å². The highest BCUT2D eigenvalue weighted by Crippen LogP contribution is 2.26. The molecule has 0 heterocycles. The molecule has 0 aliphatic rings. The van der Waals surface area contributed by atoms with E-state index in [0.717, 1.165) is 6.07 Å². The molecule has 5 nitrogen and oxygen atoms in total. The Labute approximate surface area is 105 Å². The lowest BCUT2D eigenvalue weighted by Crippen LogP contribution is -2.40. The monoisotopic (exact) mass is 256 g/mol. The Morgan fingerprint density at radius 2 is 2.00 bits per heavy atom. The number of benzene rings is 1. The second kappa shape index (κ2) is 5.77. The van der Waals surface area contributed by atoms with E-state index in [0.29, 0.717) is 18.5 Å². The summed E-state index contributed by atoms with van der Waals surface area (Å²) in [5.74, 6) is -0.675. The van der Waals surface area contributed by atoms with Crippen molar-refractivity contribution in [2.75, 3.05) is 11.9 Å². The molecule has 0 aliphatic heterocycles. The van der Waals surface area contributed by atoms with Gasteiger partial charge in [-0.1, -0.05) is 13.8 Å². The summed E-state index contributed by atoms with van der Waals surface area (Å²) >= 11 is 0. The Morgan fingerprint density at radius 1 is 1.39 bits per heavy atom. The second-order valence-corrected chi connectivity index (χ2v) is 4.23. The van der Waals surface area contributed by atoms with Crippen LogP contribution in [-0.4, -0.2) is 22.2 Å². The topological polar surface area (TPSA) is 75.4 Å². The summed E-state index contributed by atoms with van der Waals surface area (Å²) in [5.41, 5.74) is -0.585. The van der Waals surface area contributed by atoms with Crippen LogP contribution in [0.15, 0.2) is 18.2 Å². The number of rotatable bonds is 6. The molecule has 6 heteroatoms. The van der Waals surface area contributed by atoms with Crippen LogP contribution in [0.5, 0.6) is 0 Å². The van der Waals surface area contributed by atoms with Crippen molar-refractivity contribution in [3.8, 4) is 0 Å². The molecule has 0 aromatic heterocycles. The van der Waals surface area contributed by atoms with Gasteiger partial charge in [0.2, 0.25) is 0 Å². The fraction of sp³-hybridized carbons (Fsp3) is 0.500. The van der Waals surface area contributed by atoms with E-state index in [4.69, 9.17) is 0 Å². The van der Waals surface area contributed by atoms with Gasteiger partial charge in [0, 0.05) is 11.8 Å². The summed E-state index contributed by atoms with van der Waals surface area (Å²) in [5, 5.41) is 23.0. The molecule has 0 amide bonds. The van der Waals surface area contributed by atoms with Crippen LogP contribution in [0, 0.1) is 15.9 Å². The average molecular weight is 256 g/mol. The van der Waals surface area contributed by atoms with E-state index < -0.39 is 16.3 Å². The lowest BCUT2D eigenvalue weighted by Gasteiger charge is -2.31. The van der Waals surface area contributed by atoms with Crippen molar-refractivity contribution >= 4 is 11.4 Å². The summed E-state index contributed by atoms with van der Waals surface area (Å²) in [6.45, 7) is 3.66. The Morgan fingerprint density at radius 3 is 2.44 bits per heavy atom. The van der Waals surface area contributed by atoms with Gasteiger partial charge in [0.15, 0.2) is 0 Å². The number of halogens is 1. The maximum absolute atomic E-state index is 13.3. The van der Waals surface area contributed by atoms with Crippen LogP contribution in [0.3, 0.4) is 0 Å². The first-order valence-corrected chi connectivity index (χ1v) is 5.80. The SMILES string of the molecule is CCC(CC)(CO)Nc1cc(F)cc([N+](=O)[O-])c1. The molecule has 0 aliphatic carbocycles. The molecule has 0 atom stereocenters. The van der Waals surface area contributed by atoms with Crippen LogP contribution in [0.1, 0.15) is 26.7 Å². The van der Waals surface area contributed by atoms with Gasteiger partial charge in [-0.25, -0.2) is 4.39 Å². The zero-order valence-corrected chi connectivity index (χ0v) is 10.4. The van der Waals surface area contributed by atoms with Crippen molar-refractivity contribution in [3.63, 3.8) is 0 Å². The highest BCUT2D eigenvalue weighted by atomic mass is 19.1. The predicted octanol–water partition coefficient (Wildman–Crippen LogP) is 2.70. The molecule has 0 radical (unpaired) electrons. The molecule has 18 heavy (non-hydrogen) atoms. The van der Waals surface area contributed by atoms with Gasteiger partial charge in [-0.3, -0.25) is 10.1 Å². The maximum Gasteiger partial charge on any atom is 0.274 e. The maximum atomic E-state index is 13.3. The quantitative estimate of drug-likeness (QED) is 0.606. The zero-order valence-electron chi connectivity index (χ0n) is 10.4. The van der Waals surface area contributed by atoms with Gasteiger partial charge < -0.3 is 10.4 Å². The molecule has 1 rings (SSSR count). The molecule has 2 N–H and O–H groups in total. The van der Waals surface area contributed by atoms with E-state index in [9.17, 15) is 19.6 Å². The minimum Gasteiger partial charge on any atom is -0.394 e. The van der Waals surface area contributed by atoms with Crippen LogP contribution < -0.4 is 5.32 Å². The molecule has 100 valence electrons. The standard InChI is InChI=1S/C12H17FN2O3/c1-3-12(4-2,8-16)14-10-5-9(13)6-11(7-10)15(17)18/h5-7,14,16H,3-4,8H2,1-2H3. The van der Waals surface area contributed by atoms with Gasteiger partial charge in [0.25, 0.3) is 5.69 Å². The van der Waals surface area contributed by atoms with Gasteiger partial charge in [-0.2, -0.15) is 0 Å². The molecule has 0 spiro atoms. The smallest absolute Gasteiger partial charge is 0.274 e. The van der Waals surface area contributed by atoms with Gasteiger partial charge in [-0.15, -0.1) is 0 Å². The Bertz CT molecular complexity index is 425. The number of nitrogens with zero attached hydrogens (tertiary/aromatic N) is 1. The van der Waals surface area contributed by atoms with Crippen molar-refractivity contribution in [2.24, 2.45) is 0 Å². The number of hydrogen-bond acceptors (Lipinski definition) is 4. The number of nitro benzene ring substituents is 1. The van der Waals surface area contributed by atoms with Crippen LogP contribution in [0.4, 0.5) is 15.8 Å². The third kappa shape index (κ3) is 3.16. The third-order valence-corrected chi connectivity index (χ3v) is 3.16. The molecule has 1 aromatic rings. The molecular weight excluding hydrogens is 239 g/mol. The normalized spacial score (nSPS) is 11.3. The summed E-state index contributed by atoms with van der Waals surface area (Å²) in [6, 6.07) is 3.31. The summed E-state index contributed by atoms with van der Waals surface area (Å²) in [6.07, 6.45) is 1.26. The number of nitro groups is 1. The summed E-state index contributed by atoms with van der Waals surface area (Å²) in [4.78, 5) is 10.00. The van der Waals surface area contributed by atoms with Gasteiger partial charge >= 0.3 is 0 Å². The molecule has 0 bridgehead atoms. The Balaban J connectivity index is 3.06. The third-order valence-electron chi connectivity index (χ3n) is 3.16. The first-order chi connectivity index (χ1) is 8.46. The van der Waals surface area contributed by atoms with Gasteiger partial charge in [0.05, 0.1) is 23.1 Å². The largest absolute Gasteiger partial charge is 0.394 e. The molecular formula is C12H17FN2O3. The van der Waals surface area contributed by atoms with Crippen molar-refractivity contribution in [1.82, 2.24) is 0 Å². The van der Waals surface area contributed by atoms with Gasteiger partial charge in [-0.05, 0) is 18.9 Å². The fourth-order valence-corrected chi connectivity index (χ4v) is 1.75. The minimum absolute atomic E-state index is 0.121. The van der Waals surface area contributed by atoms with Crippen molar-refractivity contribution in [2.45, 2.75) is 32.2 Å². The molecule has 0 saturated heterocycles. The van der Waals surface area contributed by atoms with Crippen molar-refractivity contribution < 1.29 is 14.4 Å². The first-order valence-electron chi connectivity index (χ1n) is 5.80. The molecule has 0 saturated carbocycles. The minimum atomic E-state index is -0.675. The fourth-order valence-electron chi connectivity index (χ4n) is 1.75. The van der Waals surface area contributed by atoms with E-state index in [2.05, 4.69) is 5.32 Å². The summed E-state index contributed by atoms with van der Waals surface area (Å²) in [7, 11) is 0. The van der Waals surface area contributed by atoms with E-state index in [1.165, 1.54) is 12.1 Å². The molecule has 0 unspecified atom stereocenters. The Hall–Kier alpha value is -1.69. The van der Waals surface area contributed by atoms with Gasteiger partial charge in [0.1, 0.15) is 5.82 Å². The van der Waals surface area contributed by atoms with E-state index in [1.54, 1.807) is 0 Å². The Kier molecular flexibility index (Phi) is 4.61. The lowest BCUT2D eigenvalue weighted by molar-refractivity contribution is -0.385. The number of aliphatic hydroxyl groups is 1. The predicted molar refractivity (Wildman–Crippen MR) is 67.1 cm³/mol. The highest BCUT2D eigenvalue weighted by Gasteiger charge is 2.25. The number of nitrogens with one attached hydrogen (secondary N) is 1. The molecule has 0 fully saturated rings.